The molecule has 9 heteroatoms. The van der Waals surface area contributed by atoms with Gasteiger partial charge < -0.3 is 14.2 Å². The summed E-state index contributed by atoms with van der Waals surface area (Å²) in [7, 11) is 3.03. The lowest BCUT2D eigenvalue weighted by Crippen LogP contribution is -2.17. The largest absolute Gasteiger partial charge is 0.493 e. The van der Waals surface area contributed by atoms with E-state index in [1.54, 1.807) is 12.1 Å². The Kier molecular flexibility index (Phi) is 7.37. The highest BCUT2D eigenvalue weighted by Crippen LogP contribution is 2.38. The number of nitrogens with one attached hydrogen (secondary N) is 1. The van der Waals surface area contributed by atoms with Crippen molar-refractivity contribution in [3.05, 3.63) is 93.5 Å². The lowest BCUT2D eigenvalue weighted by molar-refractivity contribution is -0.384. The predicted octanol–water partition coefficient (Wildman–Crippen LogP) is 3.95. The van der Waals surface area contributed by atoms with E-state index in [0.29, 0.717) is 29.4 Å². The molecule has 0 aliphatic rings. The Labute approximate surface area is 184 Å². The highest BCUT2D eigenvalue weighted by Gasteiger charge is 2.14. The van der Waals surface area contributed by atoms with Crippen LogP contribution in [0.4, 0.5) is 5.69 Å². The molecule has 0 bridgehead atoms. The van der Waals surface area contributed by atoms with Crippen LogP contribution in [-0.4, -0.2) is 31.3 Å². The van der Waals surface area contributed by atoms with E-state index in [0.717, 1.165) is 5.56 Å². The summed E-state index contributed by atoms with van der Waals surface area (Å²) >= 11 is 0. The first-order valence-corrected chi connectivity index (χ1v) is 9.52. The number of nitro groups is 1. The highest BCUT2D eigenvalue weighted by atomic mass is 16.6. The van der Waals surface area contributed by atoms with E-state index in [1.807, 2.05) is 30.3 Å². The Bertz CT molecular complexity index is 1090. The summed E-state index contributed by atoms with van der Waals surface area (Å²) in [6.45, 7) is 0.340. The highest BCUT2D eigenvalue weighted by molar-refractivity contribution is 5.95. The van der Waals surface area contributed by atoms with Crippen molar-refractivity contribution in [1.29, 1.82) is 0 Å². The van der Waals surface area contributed by atoms with E-state index >= 15 is 0 Å². The predicted molar refractivity (Wildman–Crippen MR) is 118 cm³/mol. The number of methoxy groups -OCH3 is 2. The monoisotopic (exact) mass is 435 g/mol. The molecule has 1 amide bonds. The van der Waals surface area contributed by atoms with Crippen LogP contribution < -0.4 is 19.6 Å². The Hall–Kier alpha value is -4.40. The maximum Gasteiger partial charge on any atom is 0.271 e. The summed E-state index contributed by atoms with van der Waals surface area (Å²) in [4.78, 5) is 22.3. The number of rotatable bonds is 9. The molecule has 0 aliphatic carbocycles. The number of hydrazone groups is 1. The van der Waals surface area contributed by atoms with Gasteiger partial charge in [-0.2, -0.15) is 5.10 Å². The third kappa shape index (κ3) is 5.60. The van der Waals surface area contributed by atoms with Crippen molar-refractivity contribution < 1.29 is 23.9 Å². The zero-order valence-electron chi connectivity index (χ0n) is 17.5. The maximum atomic E-state index is 12.2. The molecule has 32 heavy (non-hydrogen) atoms. The number of benzene rings is 3. The second-order valence-electron chi connectivity index (χ2n) is 6.53. The Balaban J connectivity index is 1.71. The maximum absolute atomic E-state index is 12.2. The molecule has 164 valence electrons. The number of carbonyl (C=O) groups is 1. The van der Waals surface area contributed by atoms with Gasteiger partial charge in [0.05, 0.1) is 25.4 Å². The first-order valence-electron chi connectivity index (χ1n) is 9.52. The molecule has 0 unspecified atom stereocenters. The van der Waals surface area contributed by atoms with Crippen molar-refractivity contribution in [2.45, 2.75) is 6.61 Å². The molecule has 0 heterocycles. The minimum absolute atomic E-state index is 0.0983. The van der Waals surface area contributed by atoms with Crippen molar-refractivity contribution in [2.24, 2.45) is 5.10 Å². The van der Waals surface area contributed by atoms with E-state index in [9.17, 15) is 14.9 Å². The number of non-ortho nitro benzene ring substituents is 1. The van der Waals surface area contributed by atoms with Gasteiger partial charge in [-0.1, -0.05) is 30.3 Å². The summed E-state index contributed by atoms with van der Waals surface area (Å²) in [5.41, 5.74) is 4.13. The van der Waals surface area contributed by atoms with Gasteiger partial charge in [0, 0.05) is 23.3 Å². The van der Waals surface area contributed by atoms with Crippen LogP contribution in [0.3, 0.4) is 0 Å². The second kappa shape index (κ2) is 10.6. The molecule has 0 saturated carbocycles. The number of hydrogen-bond donors (Lipinski definition) is 1. The average Bonchev–Trinajstić information content (AvgIpc) is 2.83. The summed E-state index contributed by atoms with van der Waals surface area (Å²) < 4.78 is 16.8. The smallest absolute Gasteiger partial charge is 0.271 e. The standard InChI is InChI=1S/C23H21N3O6/c1-30-20-12-17(13-21(31-2)22(20)32-15-16-6-4-3-5-7-16)14-24-25-23(27)18-8-10-19(11-9-18)26(28)29/h3-14H,15H2,1-2H3,(H,25,27)/b24-14+. The molecule has 3 aromatic carbocycles. The van der Waals surface area contributed by atoms with E-state index in [1.165, 1.54) is 44.7 Å². The molecular weight excluding hydrogens is 414 g/mol. The third-order valence-corrected chi connectivity index (χ3v) is 4.43. The molecule has 3 rings (SSSR count). The van der Waals surface area contributed by atoms with E-state index in [4.69, 9.17) is 14.2 Å². The fourth-order valence-corrected chi connectivity index (χ4v) is 2.81. The molecule has 0 radical (unpaired) electrons. The van der Waals surface area contributed by atoms with Crippen LogP contribution in [0, 0.1) is 10.1 Å². The lowest BCUT2D eigenvalue weighted by Gasteiger charge is -2.15. The van der Waals surface area contributed by atoms with Crippen molar-refractivity contribution >= 4 is 17.8 Å². The Morgan fingerprint density at radius 1 is 1.03 bits per heavy atom. The molecule has 0 aromatic heterocycles. The lowest BCUT2D eigenvalue weighted by atomic mass is 10.2. The van der Waals surface area contributed by atoms with E-state index in [-0.39, 0.29) is 11.3 Å². The topological polar surface area (TPSA) is 112 Å². The number of carbonyl (C=O) groups excluding carboxylic acids is 1. The van der Waals surface area contributed by atoms with Gasteiger partial charge >= 0.3 is 0 Å². The average molecular weight is 435 g/mol. The quantitative estimate of drug-likeness (QED) is 0.309. The molecular formula is C23H21N3O6. The van der Waals surface area contributed by atoms with Crippen LogP contribution in [0.5, 0.6) is 17.2 Å². The third-order valence-electron chi connectivity index (χ3n) is 4.43. The number of nitro benzene ring substituents is 1. The fraction of sp³-hybridized carbons (Fsp3) is 0.130. The van der Waals surface area contributed by atoms with Crippen molar-refractivity contribution in [2.75, 3.05) is 14.2 Å². The van der Waals surface area contributed by atoms with Gasteiger partial charge in [-0.15, -0.1) is 0 Å². The van der Waals surface area contributed by atoms with Crippen molar-refractivity contribution in [3.63, 3.8) is 0 Å². The number of hydrogen-bond acceptors (Lipinski definition) is 7. The summed E-state index contributed by atoms with van der Waals surface area (Å²) in [6, 6.07) is 18.3. The van der Waals surface area contributed by atoms with Crippen molar-refractivity contribution in [1.82, 2.24) is 5.43 Å². The molecule has 1 N–H and O–H groups in total. The number of amides is 1. The van der Waals surface area contributed by atoms with Gasteiger partial charge in [-0.05, 0) is 29.8 Å². The van der Waals surface area contributed by atoms with E-state index in [2.05, 4.69) is 10.5 Å². The summed E-state index contributed by atoms with van der Waals surface area (Å²) in [6.07, 6.45) is 1.43. The Morgan fingerprint density at radius 3 is 2.22 bits per heavy atom. The van der Waals surface area contributed by atoms with Crippen LogP contribution in [-0.2, 0) is 6.61 Å². The van der Waals surface area contributed by atoms with Gasteiger partial charge in [-0.25, -0.2) is 5.43 Å². The van der Waals surface area contributed by atoms with Gasteiger partial charge in [-0.3, -0.25) is 14.9 Å². The zero-order chi connectivity index (χ0) is 22.9. The first kappa shape index (κ1) is 22.3. The van der Waals surface area contributed by atoms with Crippen LogP contribution in [0.1, 0.15) is 21.5 Å². The number of nitrogens with zero attached hydrogens (tertiary/aromatic N) is 2. The summed E-state index contributed by atoms with van der Waals surface area (Å²) in [5, 5.41) is 14.6. The fourth-order valence-electron chi connectivity index (χ4n) is 2.81. The van der Waals surface area contributed by atoms with Crippen LogP contribution in [0.2, 0.25) is 0 Å². The SMILES string of the molecule is COc1cc(/C=N/NC(=O)c2ccc([N+](=O)[O-])cc2)cc(OC)c1OCc1ccccc1. The molecule has 0 saturated heterocycles. The van der Waals surface area contributed by atoms with Gasteiger partial charge in [0.2, 0.25) is 5.75 Å². The molecule has 3 aromatic rings. The zero-order valence-corrected chi connectivity index (χ0v) is 17.5. The number of ether oxygens (including phenoxy) is 3. The molecule has 9 nitrogen and oxygen atoms in total. The molecule has 0 atom stereocenters. The molecule has 0 aliphatic heterocycles. The van der Waals surface area contributed by atoms with Crippen LogP contribution in [0.25, 0.3) is 0 Å². The minimum atomic E-state index is -0.534. The van der Waals surface area contributed by atoms with E-state index < -0.39 is 10.8 Å². The first-order chi connectivity index (χ1) is 15.5. The van der Waals surface area contributed by atoms with Crippen LogP contribution >= 0.6 is 0 Å². The van der Waals surface area contributed by atoms with Gasteiger partial charge in [0.15, 0.2) is 11.5 Å². The summed E-state index contributed by atoms with van der Waals surface area (Å²) in [5.74, 6) is 0.843. The normalized spacial score (nSPS) is 10.6. The van der Waals surface area contributed by atoms with Gasteiger partial charge in [0.1, 0.15) is 6.61 Å². The van der Waals surface area contributed by atoms with Crippen molar-refractivity contribution in [3.8, 4) is 17.2 Å². The van der Waals surface area contributed by atoms with Gasteiger partial charge in [0.25, 0.3) is 11.6 Å². The molecule has 0 fully saturated rings. The second-order valence-corrected chi connectivity index (χ2v) is 6.53. The Morgan fingerprint density at radius 2 is 1.66 bits per heavy atom. The minimum Gasteiger partial charge on any atom is -0.493 e. The molecule has 0 spiro atoms. The van der Waals surface area contributed by atoms with Crippen LogP contribution in [0.15, 0.2) is 71.8 Å².